The van der Waals surface area contributed by atoms with Crippen molar-refractivity contribution in [2.45, 2.75) is 44.8 Å². The van der Waals surface area contributed by atoms with E-state index < -0.39 is 0 Å². The summed E-state index contributed by atoms with van der Waals surface area (Å²) in [7, 11) is 1.95. The minimum atomic E-state index is 0.102. The van der Waals surface area contributed by atoms with E-state index in [-0.39, 0.29) is 11.3 Å². The van der Waals surface area contributed by atoms with E-state index in [1.54, 1.807) is 0 Å². The van der Waals surface area contributed by atoms with E-state index >= 15 is 0 Å². The SMILES string of the molecule is CCN(Cc1ccccc1)C(=O)CSc1nnc(-c2ccc(C(C)(C)C)cc2)n1C. The van der Waals surface area contributed by atoms with Crippen LogP contribution in [0.4, 0.5) is 0 Å². The standard InChI is InChI=1S/C24H30N4OS/c1-6-28(16-18-10-8-7-9-11-18)21(29)17-30-23-26-25-22(27(23)5)19-12-14-20(15-13-19)24(2,3)4/h7-15H,6,16-17H2,1-5H3. The van der Waals surface area contributed by atoms with Gasteiger partial charge in [-0.05, 0) is 23.5 Å². The monoisotopic (exact) mass is 422 g/mol. The number of amides is 1. The fourth-order valence-corrected chi connectivity index (χ4v) is 4.02. The predicted molar refractivity (Wildman–Crippen MR) is 123 cm³/mol. The molecule has 0 spiro atoms. The van der Waals surface area contributed by atoms with Gasteiger partial charge in [0.1, 0.15) is 0 Å². The topological polar surface area (TPSA) is 51.0 Å². The third-order valence-electron chi connectivity index (χ3n) is 5.12. The van der Waals surface area contributed by atoms with Crippen molar-refractivity contribution in [2.24, 2.45) is 7.05 Å². The number of hydrogen-bond donors (Lipinski definition) is 0. The minimum Gasteiger partial charge on any atom is -0.338 e. The lowest BCUT2D eigenvalue weighted by molar-refractivity contribution is -0.128. The molecule has 0 atom stereocenters. The summed E-state index contributed by atoms with van der Waals surface area (Å²) in [6.45, 7) is 9.92. The smallest absolute Gasteiger partial charge is 0.233 e. The van der Waals surface area contributed by atoms with Gasteiger partial charge in [0.25, 0.3) is 0 Å². The van der Waals surface area contributed by atoms with E-state index in [2.05, 4.69) is 55.2 Å². The Labute approximate surface area is 183 Å². The van der Waals surface area contributed by atoms with Crippen molar-refractivity contribution in [3.8, 4) is 11.4 Å². The molecule has 1 heterocycles. The lowest BCUT2D eigenvalue weighted by atomic mass is 9.87. The largest absolute Gasteiger partial charge is 0.338 e. The van der Waals surface area contributed by atoms with Crippen LogP contribution in [0.2, 0.25) is 0 Å². The van der Waals surface area contributed by atoms with Crippen molar-refractivity contribution in [2.75, 3.05) is 12.3 Å². The highest BCUT2D eigenvalue weighted by Crippen LogP contribution is 2.27. The molecule has 0 radical (unpaired) electrons. The van der Waals surface area contributed by atoms with Crippen molar-refractivity contribution >= 4 is 17.7 Å². The maximum Gasteiger partial charge on any atom is 0.233 e. The number of thioether (sulfide) groups is 1. The molecule has 0 N–H and O–H groups in total. The average molecular weight is 423 g/mol. The Bertz CT molecular complexity index is 975. The molecule has 0 aliphatic heterocycles. The number of carbonyl (C=O) groups excluding carboxylic acids is 1. The van der Waals surface area contributed by atoms with Crippen molar-refractivity contribution in [3.63, 3.8) is 0 Å². The third-order valence-corrected chi connectivity index (χ3v) is 6.12. The van der Waals surface area contributed by atoms with Crippen molar-refractivity contribution < 1.29 is 4.79 Å². The first-order valence-corrected chi connectivity index (χ1v) is 11.2. The highest BCUT2D eigenvalue weighted by Gasteiger charge is 2.18. The molecule has 0 bridgehead atoms. The predicted octanol–water partition coefficient (Wildman–Crippen LogP) is 4.92. The Hall–Kier alpha value is -2.60. The highest BCUT2D eigenvalue weighted by molar-refractivity contribution is 7.99. The highest BCUT2D eigenvalue weighted by atomic mass is 32.2. The molecule has 5 nitrogen and oxygen atoms in total. The van der Waals surface area contributed by atoms with Crippen LogP contribution in [0.5, 0.6) is 0 Å². The van der Waals surface area contributed by atoms with Crippen molar-refractivity contribution in [1.82, 2.24) is 19.7 Å². The Morgan fingerprint density at radius 3 is 2.30 bits per heavy atom. The maximum atomic E-state index is 12.7. The lowest BCUT2D eigenvalue weighted by Crippen LogP contribution is -2.31. The number of rotatable bonds is 7. The van der Waals surface area contributed by atoms with Gasteiger partial charge in [-0.15, -0.1) is 10.2 Å². The summed E-state index contributed by atoms with van der Waals surface area (Å²) in [6, 6.07) is 18.5. The molecule has 0 aliphatic rings. The Balaban J connectivity index is 1.65. The molecule has 30 heavy (non-hydrogen) atoms. The molecule has 1 aromatic heterocycles. The van der Waals surface area contributed by atoms with E-state index in [0.717, 1.165) is 22.1 Å². The summed E-state index contributed by atoms with van der Waals surface area (Å²) in [5.74, 6) is 1.25. The molecule has 0 saturated heterocycles. The van der Waals surface area contributed by atoms with Gasteiger partial charge in [-0.2, -0.15) is 0 Å². The van der Waals surface area contributed by atoms with Gasteiger partial charge in [0.15, 0.2) is 11.0 Å². The molecule has 3 aromatic rings. The van der Waals surface area contributed by atoms with E-state index in [4.69, 9.17) is 0 Å². The second-order valence-electron chi connectivity index (χ2n) is 8.37. The van der Waals surface area contributed by atoms with Gasteiger partial charge in [-0.25, -0.2) is 0 Å². The van der Waals surface area contributed by atoms with Gasteiger partial charge in [-0.3, -0.25) is 4.79 Å². The zero-order valence-corrected chi connectivity index (χ0v) is 19.2. The van der Waals surface area contributed by atoms with Crippen LogP contribution in [0.1, 0.15) is 38.8 Å². The summed E-state index contributed by atoms with van der Waals surface area (Å²) >= 11 is 1.43. The number of nitrogens with zero attached hydrogens (tertiary/aromatic N) is 4. The van der Waals surface area contributed by atoms with Crippen LogP contribution in [0.25, 0.3) is 11.4 Å². The van der Waals surface area contributed by atoms with E-state index in [0.29, 0.717) is 18.8 Å². The molecule has 1 amide bonds. The summed E-state index contributed by atoms with van der Waals surface area (Å²) in [5.41, 5.74) is 3.56. The summed E-state index contributed by atoms with van der Waals surface area (Å²) in [6.07, 6.45) is 0. The first-order valence-electron chi connectivity index (χ1n) is 10.2. The van der Waals surface area contributed by atoms with Crippen LogP contribution in [0.3, 0.4) is 0 Å². The first-order chi connectivity index (χ1) is 14.3. The van der Waals surface area contributed by atoms with Gasteiger partial charge >= 0.3 is 0 Å². The van der Waals surface area contributed by atoms with Gasteiger partial charge in [0.05, 0.1) is 5.75 Å². The molecule has 0 unspecified atom stereocenters. The van der Waals surface area contributed by atoms with Crippen LogP contribution >= 0.6 is 11.8 Å². The first kappa shape index (κ1) is 22.1. The van der Waals surface area contributed by atoms with Crippen LogP contribution in [0, 0.1) is 0 Å². The Kier molecular flexibility index (Phi) is 6.98. The van der Waals surface area contributed by atoms with Gasteiger partial charge in [0.2, 0.25) is 5.91 Å². The lowest BCUT2D eigenvalue weighted by Gasteiger charge is -2.20. The maximum absolute atomic E-state index is 12.7. The molecular weight excluding hydrogens is 392 g/mol. The minimum absolute atomic E-state index is 0.102. The average Bonchev–Trinajstić information content (AvgIpc) is 3.10. The molecule has 3 rings (SSSR count). The van der Waals surface area contributed by atoms with Gasteiger partial charge in [0, 0.05) is 25.7 Å². The van der Waals surface area contributed by atoms with E-state index in [9.17, 15) is 4.79 Å². The van der Waals surface area contributed by atoms with E-state index in [1.807, 2.05) is 53.8 Å². The fraction of sp³-hybridized carbons (Fsp3) is 0.375. The van der Waals surface area contributed by atoms with Crippen LogP contribution in [-0.2, 0) is 23.8 Å². The van der Waals surface area contributed by atoms with Crippen molar-refractivity contribution in [1.29, 1.82) is 0 Å². The zero-order chi connectivity index (χ0) is 21.7. The second kappa shape index (κ2) is 9.47. The van der Waals surface area contributed by atoms with Crippen molar-refractivity contribution in [3.05, 3.63) is 65.7 Å². The fourth-order valence-electron chi connectivity index (χ4n) is 3.21. The molecule has 0 aliphatic carbocycles. The summed E-state index contributed by atoms with van der Waals surface area (Å²) < 4.78 is 1.96. The normalized spacial score (nSPS) is 11.5. The van der Waals surface area contributed by atoms with Crippen LogP contribution < -0.4 is 0 Å². The van der Waals surface area contributed by atoms with E-state index in [1.165, 1.54) is 17.3 Å². The molecule has 0 fully saturated rings. The molecule has 2 aromatic carbocycles. The van der Waals surface area contributed by atoms with Gasteiger partial charge in [-0.1, -0.05) is 87.1 Å². The third kappa shape index (κ3) is 5.30. The zero-order valence-electron chi connectivity index (χ0n) is 18.4. The number of aromatic nitrogens is 3. The van der Waals surface area contributed by atoms with Crippen LogP contribution in [-0.4, -0.2) is 37.9 Å². The Morgan fingerprint density at radius 2 is 1.70 bits per heavy atom. The quantitative estimate of drug-likeness (QED) is 0.507. The number of carbonyl (C=O) groups is 1. The second-order valence-corrected chi connectivity index (χ2v) is 9.32. The number of benzene rings is 2. The Morgan fingerprint density at radius 1 is 1.03 bits per heavy atom. The molecule has 6 heteroatoms. The van der Waals surface area contributed by atoms with Gasteiger partial charge < -0.3 is 9.47 Å². The van der Waals surface area contributed by atoms with Crippen LogP contribution in [0.15, 0.2) is 59.8 Å². The number of hydrogen-bond acceptors (Lipinski definition) is 4. The molecule has 158 valence electrons. The molecular formula is C24H30N4OS. The summed E-state index contributed by atoms with van der Waals surface area (Å²) in [5, 5.41) is 9.41. The molecule has 0 saturated carbocycles. The summed E-state index contributed by atoms with van der Waals surface area (Å²) in [4.78, 5) is 14.6.